The van der Waals surface area contributed by atoms with Crippen LogP contribution in [0, 0.1) is 11.3 Å². The third-order valence-electron chi connectivity index (χ3n) is 7.99. The number of aldehydes is 1. The van der Waals surface area contributed by atoms with Crippen LogP contribution in [-0.4, -0.2) is 48.8 Å². The van der Waals surface area contributed by atoms with Crippen LogP contribution >= 0.6 is 0 Å². The lowest BCUT2D eigenvalue weighted by molar-refractivity contribution is -0.182. The van der Waals surface area contributed by atoms with Gasteiger partial charge in [0.25, 0.3) is 0 Å². The molecule has 1 aromatic rings. The van der Waals surface area contributed by atoms with Gasteiger partial charge in [0.15, 0.2) is 5.72 Å². The van der Waals surface area contributed by atoms with E-state index in [9.17, 15) is 9.59 Å². The van der Waals surface area contributed by atoms with Crippen LogP contribution in [0.15, 0.2) is 35.9 Å². The molecular formula is C21H22N2O4. The van der Waals surface area contributed by atoms with Gasteiger partial charge in [-0.2, -0.15) is 0 Å². The maximum absolute atomic E-state index is 13.4. The number of nitrogens with zero attached hydrogens (tertiary/aromatic N) is 1. The zero-order chi connectivity index (χ0) is 18.6. The minimum Gasteiger partial charge on any atom is -0.468 e. The highest BCUT2D eigenvalue weighted by Gasteiger charge is 2.87. The summed E-state index contributed by atoms with van der Waals surface area (Å²) in [5.41, 5.74) is 0.303. The predicted molar refractivity (Wildman–Crippen MR) is 96.8 cm³/mol. The monoisotopic (exact) mass is 366 g/mol. The van der Waals surface area contributed by atoms with Gasteiger partial charge in [-0.05, 0) is 25.0 Å². The number of anilines is 1. The summed E-state index contributed by atoms with van der Waals surface area (Å²) < 4.78 is 11.9. The van der Waals surface area contributed by atoms with Crippen molar-refractivity contribution in [1.29, 1.82) is 0 Å². The number of ether oxygens (including phenoxy) is 2. The molecule has 6 heteroatoms. The molecule has 0 amide bonds. The van der Waals surface area contributed by atoms with E-state index in [2.05, 4.69) is 16.3 Å². The Morgan fingerprint density at radius 2 is 2.22 bits per heavy atom. The molecule has 0 radical (unpaired) electrons. The number of hydrogen-bond acceptors (Lipinski definition) is 6. The number of hydrogen-bond donors (Lipinski definition) is 1. The number of methoxy groups -OCH3 is 1. The summed E-state index contributed by atoms with van der Waals surface area (Å²) in [5.74, 6) is -0.611. The average molecular weight is 366 g/mol. The molecule has 4 fully saturated rings. The molecule has 4 heterocycles. The largest absolute Gasteiger partial charge is 0.468 e. The molecular weight excluding hydrogens is 344 g/mol. The van der Waals surface area contributed by atoms with Crippen molar-refractivity contribution in [3.8, 4) is 0 Å². The number of fused-ring (bicyclic) bond motifs is 4. The van der Waals surface area contributed by atoms with Gasteiger partial charge in [0.05, 0.1) is 18.6 Å². The van der Waals surface area contributed by atoms with Gasteiger partial charge < -0.3 is 19.6 Å². The molecule has 0 aromatic heterocycles. The van der Waals surface area contributed by atoms with Crippen molar-refractivity contribution in [1.82, 2.24) is 4.90 Å². The summed E-state index contributed by atoms with van der Waals surface area (Å²) in [6.07, 6.45) is 4.18. The highest BCUT2D eigenvalue weighted by atomic mass is 16.6. The Kier molecular flexibility index (Phi) is 2.71. The fourth-order valence-corrected chi connectivity index (χ4v) is 7.14. The number of carbonyl (C=O) groups is 2. The van der Waals surface area contributed by atoms with E-state index < -0.39 is 22.5 Å². The van der Waals surface area contributed by atoms with Gasteiger partial charge >= 0.3 is 5.97 Å². The number of benzene rings is 1. The molecule has 1 aliphatic carbocycles. The van der Waals surface area contributed by atoms with E-state index >= 15 is 0 Å². The molecule has 1 aromatic carbocycles. The predicted octanol–water partition coefficient (Wildman–Crippen LogP) is 1.81. The number of piperidine rings is 2. The Labute approximate surface area is 157 Å². The minimum absolute atomic E-state index is 0.101. The van der Waals surface area contributed by atoms with Crippen LogP contribution in [0.25, 0.3) is 0 Å². The zero-order valence-electron chi connectivity index (χ0n) is 15.4. The Morgan fingerprint density at radius 3 is 2.96 bits per heavy atom. The second-order valence-corrected chi connectivity index (χ2v) is 8.41. The van der Waals surface area contributed by atoms with E-state index in [4.69, 9.17) is 9.47 Å². The lowest BCUT2D eigenvalue weighted by atomic mass is 9.42. The van der Waals surface area contributed by atoms with Crippen LogP contribution in [0.3, 0.4) is 0 Å². The second kappa shape index (κ2) is 4.62. The lowest BCUT2D eigenvalue weighted by Gasteiger charge is -2.63. The van der Waals surface area contributed by atoms with Gasteiger partial charge in [0, 0.05) is 24.6 Å². The summed E-state index contributed by atoms with van der Waals surface area (Å²) in [6.45, 7) is 2.73. The molecule has 4 aliphatic heterocycles. The van der Waals surface area contributed by atoms with Crippen molar-refractivity contribution < 1.29 is 19.1 Å². The number of esters is 1. The molecule has 3 saturated heterocycles. The number of rotatable bonds is 2. The van der Waals surface area contributed by atoms with Crippen molar-refractivity contribution >= 4 is 17.9 Å². The molecule has 6 rings (SSSR count). The normalized spacial score (nSPS) is 46.9. The maximum atomic E-state index is 13.4. The summed E-state index contributed by atoms with van der Waals surface area (Å²) >= 11 is 0. The van der Waals surface area contributed by atoms with Crippen LogP contribution in [0.4, 0.5) is 5.69 Å². The first-order valence-electron chi connectivity index (χ1n) is 9.60. The minimum atomic E-state index is -1.29. The van der Waals surface area contributed by atoms with Crippen molar-refractivity contribution in [2.45, 2.75) is 43.2 Å². The van der Waals surface area contributed by atoms with Crippen LogP contribution in [0.5, 0.6) is 0 Å². The zero-order valence-corrected chi connectivity index (χ0v) is 15.4. The highest BCUT2D eigenvalue weighted by Crippen LogP contribution is 2.75. The summed E-state index contributed by atoms with van der Waals surface area (Å²) in [7, 11) is 1.38. The first-order chi connectivity index (χ1) is 13.1. The van der Waals surface area contributed by atoms with Crippen molar-refractivity contribution in [2.75, 3.05) is 19.0 Å². The fraction of sp³-hybridized carbons (Fsp3) is 0.524. The van der Waals surface area contributed by atoms with Gasteiger partial charge in [-0.3, -0.25) is 9.69 Å². The van der Waals surface area contributed by atoms with E-state index in [1.165, 1.54) is 7.11 Å². The molecule has 140 valence electrons. The summed E-state index contributed by atoms with van der Waals surface area (Å²) in [6, 6.07) is 8.15. The molecule has 6 nitrogen and oxygen atoms in total. The highest BCUT2D eigenvalue weighted by molar-refractivity contribution is 5.99. The van der Waals surface area contributed by atoms with Crippen LogP contribution in [0.1, 0.15) is 25.3 Å². The molecule has 1 saturated carbocycles. The van der Waals surface area contributed by atoms with Gasteiger partial charge in [-0.15, -0.1) is 0 Å². The Balaban J connectivity index is 1.75. The SMILES string of the molecule is C/C=C1\CN2C3CC45c6ccccc6NC4(O3)C2CC1C5(C=O)C(=O)OC. The smallest absolute Gasteiger partial charge is 0.320 e. The van der Waals surface area contributed by atoms with E-state index in [1.807, 2.05) is 31.2 Å². The number of para-hydroxylation sites is 1. The lowest BCUT2D eigenvalue weighted by Crippen LogP contribution is -2.78. The molecule has 6 atom stereocenters. The Hall–Kier alpha value is -2.18. The summed E-state index contributed by atoms with van der Waals surface area (Å²) in [4.78, 5) is 28.7. The molecule has 6 unspecified atom stereocenters. The van der Waals surface area contributed by atoms with E-state index in [-0.39, 0.29) is 18.2 Å². The molecule has 1 N–H and O–H groups in total. The van der Waals surface area contributed by atoms with Crippen LogP contribution in [0.2, 0.25) is 0 Å². The standard InChI is InChI=1S/C21H22N2O4/c1-3-12-10-23-16-8-14(12)19(11-24,18(25)26-2)20-9-17(23)27-21(16,20)22-15-7-5-4-6-13(15)20/h3-7,11,14,16-17,22H,8-10H2,1-2H3/b12-3+. The average Bonchev–Trinajstić information content (AvgIpc) is 3.30. The van der Waals surface area contributed by atoms with Gasteiger partial charge in [0.2, 0.25) is 0 Å². The third kappa shape index (κ3) is 1.32. The van der Waals surface area contributed by atoms with Crippen LogP contribution in [-0.2, 0) is 24.5 Å². The van der Waals surface area contributed by atoms with E-state index in [0.717, 1.165) is 29.7 Å². The van der Waals surface area contributed by atoms with Gasteiger partial charge in [0.1, 0.15) is 17.9 Å². The number of allylic oxidation sites excluding steroid dienone is 1. The van der Waals surface area contributed by atoms with Crippen molar-refractivity contribution in [3.63, 3.8) is 0 Å². The molecule has 1 spiro atoms. The topological polar surface area (TPSA) is 67.9 Å². The van der Waals surface area contributed by atoms with Gasteiger partial charge in [-0.25, -0.2) is 0 Å². The molecule has 4 bridgehead atoms. The number of nitrogens with one attached hydrogen (secondary N) is 1. The maximum Gasteiger partial charge on any atom is 0.320 e. The fourth-order valence-electron chi connectivity index (χ4n) is 7.14. The van der Waals surface area contributed by atoms with Gasteiger partial charge in [-0.1, -0.05) is 29.8 Å². The molecule has 27 heavy (non-hydrogen) atoms. The Bertz CT molecular complexity index is 929. The Morgan fingerprint density at radius 1 is 1.41 bits per heavy atom. The van der Waals surface area contributed by atoms with E-state index in [0.29, 0.717) is 12.8 Å². The number of carbonyl (C=O) groups excluding carboxylic acids is 2. The van der Waals surface area contributed by atoms with Crippen molar-refractivity contribution in [3.05, 3.63) is 41.5 Å². The quantitative estimate of drug-likeness (QED) is 0.373. The van der Waals surface area contributed by atoms with E-state index in [1.54, 1.807) is 0 Å². The summed E-state index contributed by atoms with van der Waals surface area (Å²) in [5, 5.41) is 3.63. The van der Waals surface area contributed by atoms with Crippen molar-refractivity contribution in [2.24, 2.45) is 11.3 Å². The molecule has 5 aliphatic rings. The first-order valence-corrected chi connectivity index (χ1v) is 9.60. The third-order valence-corrected chi connectivity index (χ3v) is 7.99. The van der Waals surface area contributed by atoms with Crippen LogP contribution < -0.4 is 5.32 Å². The first kappa shape index (κ1) is 15.8. The second-order valence-electron chi connectivity index (χ2n) is 8.41.